The summed E-state index contributed by atoms with van der Waals surface area (Å²) in [5.74, 6) is 0. The highest BCUT2D eigenvalue weighted by Crippen LogP contribution is 2.22. The molecule has 0 aliphatic rings. The van der Waals surface area contributed by atoms with Gasteiger partial charge >= 0.3 is 0 Å². The van der Waals surface area contributed by atoms with E-state index in [4.69, 9.17) is 0 Å². The van der Waals surface area contributed by atoms with Crippen molar-refractivity contribution in [3.8, 4) is 0 Å². The number of thiophene rings is 1. The molecule has 0 amide bonds. The molecule has 1 N–H and O–H groups in total. The standard InChI is InChI=1S/C12H14N2S/c1-9-8-11(5-6-13-9)14-10(2)12-4-3-7-15-12/h3-8,10H,1-2H3,(H,13,14). The Bertz CT molecular complexity index is 423. The lowest BCUT2D eigenvalue weighted by atomic mass is 10.2. The molecule has 3 heteroatoms. The van der Waals surface area contributed by atoms with E-state index in [1.165, 1.54) is 4.88 Å². The molecule has 0 fully saturated rings. The van der Waals surface area contributed by atoms with Gasteiger partial charge < -0.3 is 5.32 Å². The van der Waals surface area contributed by atoms with Gasteiger partial charge in [0.05, 0.1) is 6.04 Å². The van der Waals surface area contributed by atoms with Crippen LogP contribution < -0.4 is 5.32 Å². The van der Waals surface area contributed by atoms with E-state index in [9.17, 15) is 0 Å². The maximum atomic E-state index is 4.17. The Kier molecular flexibility index (Phi) is 3.02. The fourth-order valence-corrected chi connectivity index (χ4v) is 2.23. The molecule has 15 heavy (non-hydrogen) atoms. The summed E-state index contributed by atoms with van der Waals surface area (Å²) in [6, 6.07) is 8.64. The van der Waals surface area contributed by atoms with Gasteiger partial charge in [0.2, 0.25) is 0 Å². The molecule has 2 nitrogen and oxygen atoms in total. The van der Waals surface area contributed by atoms with Crippen LogP contribution in [0.2, 0.25) is 0 Å². The van der Waals surface area contributed by atoms with Gasteiger partial charge in [0.1, 0.15) is 0 Å². The van der Waals surface area contributed by atoms with E-state index in [0.717, 1.165) is 11.4 Å². The highest BCUT2D eigenvalue weighted by molar-refractivity contribution is 7.10. The maximum Gasteiger partial charge on any atom is 0.0578 e. The predicted molar refractivity (Wildman–Crippen MR) is 65.3 cm³/mol. The van der Waals surface area contributed by atoms with Gasteiger partial charge in [-0.3, -0.25) is 4.98 Å². The third kappa shape index (κ3) is 2.57. The first kappa shape index (κ1) is 10.2. The molecule has 0 spiro atoms. The number of nitrogens with one attached hydrogen (secondary N) is 1. The van der Waals surface area contributed by atoms with Crippen LogP contribution >= 0.6 is 11.3 Å². The van der Waals surface area contributed by atoms with Crippen molar-refractivity contribution in [1.82, 2.24) is 4.98 Å². The Balaban J connectivity index is 2.09. The minimum Gasteiger partial charge on any atom is -0.378 e. The Morgan fingerprint density at radius 2 is 2.27 bits per heavy atom. The van der Waals surface area contributed by atoms with E-state index in [1.807, 2.05) is 19.2 Å². The van der Waals surface area contributed by atoms with Gasteiger partial charge in [-0.1, -0.05) is 6.07 Å². The molecule has 2 heterocycles. The van der Waals surface area contributed by atoms with Crippen LogP contribution in [-0.2, 0) is 0 Å². The minimum absolute atomic E-state index is 0.354. The third-order valence-corrected chi connectivity index (χ3v) is 3.30. The van der Waals surface area contributed by atoms with Gasteiger partial charge in [0.25, 0.3) is 0 Å². The fourth-order valence-electron chi connectivity index (χ4n) is 1.49. The highest BCUT2D eigenvalue weighted by Gasteiger charge is 2.05. The molecule has 2 aromatic rings. The van der Waals surface area contributed by atoms with E-state index in [-0.39, 0.29) is 0 Å². The Labute approximate surface area is 94.0 Å². The van der Waals surface area contributed by atoms with E-state index in [1.54, 1.807) is 11.3 Å². The van der Waals surface area contributed by atoms with Crippen LogP contribution in [0.25, 0.3) is 0 Å². The van der Waals surface area contributed by atoms with Crippen molar-refractivity contribution in [2.45, 2.75) is 19.9 Å². The molecule has 2 rings (SSSR count). The molecule has 78 valence electrons. The summed E-state index contributed by atoms with van der Waals surface area (Å²) < 4.78 is 0. The first-order valence-corrected chi connectivity index (χ1v) is 5.86. The molecule has 2 aromatic heterocycles. The van der Waals surface area contributed by atoms with Crippen molar-refractivity contribution in [2.24, 2.45) is 0 Å². The van der Waals surface area contributed by atoms with Gasteiger partial charge in [0, 0.05) is 22.5 Å². The normalized spacial score (nSPS) is 12.4. The summed E-state index contributed by atoms with van der Waals surface area (Å²) in [6.45, 7) is 4.17. The Morgan fingerprint density at radius 1 is 1.40 bits per heavy atom. The average Bonchev–Trinajstić information content (AvgIpc) is 2.70. The molecule has 0 saturated heterocycles. The second-order valence-electron chi connectivity index (χ2n) is 3.57. The molecule has 0 saturated carbocycles. The molecule has 0 aliphatic heterocycles. The van der Waals surface area contributed by atoms with Crippen LogP contribution in [0, 0.1) is 6.92 Å². The number of aromatic nitrogens is 1. The van der Waals surface area contributed by atoms with Gasteiger partial charge in [0.15, 0.2) is 0 Å². The topological polar surface area (TPSA) is 24.9 Å². The van der Waals surface area contributed by atoms with Crippen molar-refractivity contribution in [2.75, 3.05) is 5.32 Å². The van der Waals surface area contributed by atoms with E-state index >= 15 is 0 Å². The first-order valence-electron chi connectivity index (χ1n) is 4.98. The highest BCUT2D eigenvalue weighted by atomic mass is 32.1. The van der Waals surface area contributed by atoms with Crippen molar-refractivity contribution >= 4 is 17.0 Å². The fraction of sp³-hybridized carbons (Fsp3) is 0.250. The average molecular weight is 218 g/mol. The maximum absolute atomic E-state index is 4.17. The van der Waals surface area contributed by atoms with E-state index < -0.39 is 0 Å². The monoisotopic (exact) mass is 218 g/mol. The van der Waals surface area contributed by atoms with Crippen molar-refractivity contribution in [1.29, 1.82) is 0 Å². The predicted octanol–water partition coefficient (Wildman–Crippen LogP) is 3.62. The molecular formula is C12H14N2S. The van der Waals surface area contributed by atoms with Gasteiger partial charge in [-0.2, -0.15) is 0 Å². The lowest BCUT2D eigenvalue weighted by Gasteiger charge is -2.13. The van der Waals surface area contributed by atoms with Crippen LogP contribution in [-0.4, -0.2) is 4.98 Å². The second kappa shape index (κ2) is 4.45. The number of rotatable bonds is 3. The molecule has 1 unspecified atom stereocenters. The summed E-state index contributed by atoms with van der Waals surface area (Å²) in [5, 5.41) is 5.56. The summed E-state index contributed by atoms with van der Waals surface area (Å²) >= 11 is 1.78. The van der Waals surface area contributed by atoms with Crippen LogP contribution in [0.1, 0.15) is 23.5 Å². The van der Waals surface area contributed by atoms with E-state index in [2.05, 4.69) is 40.8 Å². The molecular weight excluding hydrogens is 204 g/mol. The first-order chi connectivity index (χ1) is 7.25. The zero-order valence-corrected chi connectivity index (χ0v) is 9.71. The number of pyridine rings is 1. The van der Waals surface area contributed by atoms with Crippen molar-refractivity contribution < 1.29 is 0 Å². The third-order valence-electron chi connectivity index (χ3n) is 2.25. The van der Waals surface area contributed by atoms with E-state index in [0.29, 0.717) is 6.04 Å². The molecule has 0 aromatic carbocycles. The Morgan fingerprint density at radius 3 is 2.93 bits per heavy atom. The number of anilines is 1. The Hall–Kier alpha value is -1.35. The van der Waals surface area contributed by atoms with Crippen LogP contribution in [0.4, 0.5) is 5.69 Å². The minimum atomic E-state index is 0.354. The van der Waals surface area contributed by atoms with Crippen molar-refractivity contribution in [3.63, 3.8) is 0 Å². The number of hydrogen-bond donors (Lipinski definition) is 1. The van der Waals surface area contributed by atoms with Gasteiger partial charge in [-0.25, -0.2) is 0 Å². The molecule has 0 bridgehead atoms. The summed E-state index contributed by atoms with van der Waals surface area (Å²) in [5.41, 5.74) is 2.17. The lowest BCUT2D eigenvalue weighted by Crippen LogP contribution is -2.04. The van der Waals surface area contributed by atoms with Crippen LogP contribution in [0.15, 0.2) is 35.8 Å². The van der Waals surface area contributed by atoms with Gasteiger partial charge in [-0.15, -0.1) is 11.3 Å². The van der Waals surface area contributed by atoms with Gasteiger partial charge in [-0.05, 0) is 37.4 Å². The van der Waals surface area contributed by atoms with Crippen LogP contribution in [0.5, 0.6) is 0 Å². The summed E-state index contributed by atoms with van der Waals surface area (Å²) in [6.07, 6.45) is 1.83. The second-order valence-corrected chi connectivity index (χ2v) is 4.55. The summed E-state index contributed by atoms with van der Waals surface area (Å²) in [4.78, 5) is 5.52. The van der Waals surface area contributed by atoms with Crippen LogP contribution in [0.3, 0.4) is 0 Å². The molecule has 0 radical (unpaired) electrons. The number of aryl methyl sites for hydroxylation is 1. The zero-order chi connectivity index (χ0) is 10.7. The number of hydrogen-bond acceptors (Lipinski definition) is 3. The smallest absolute Gasteiger partial charge is 0.0578 e. The van der Waals surface area contributed by atoms with Crippen molar-refractivity contribution in [3.05, 3.63) is 46.4 Å². The molecule has 0 aliphatic carbocycles. The zero-order valence-electron chi connectivity index (χ0n) is 8.90. The largest absolute Gasteiger partial charge is 0.378 e. The number of nitrogens with zero attached hydrogens (tertiary/aromatic N) is 1. The quantitative estimate of drug-likeness (QED) is 0.851. The summed E-state index contributed by atoms with van der Waals surface area (Å²) in [7, 11) is 0. The SMILES string of the molecule is Cc1cc(NC(C)c2cccs2)ccn1. The molecule has 1 atom stereocenters. The lowest BCUT2D eigenvalue weighted by molar-refractivity contribution is 0.906.